The smallest absolute Gasteiger partial charge is 0.433 e. The van der Waals surface area contributed by atoms with Gasteiger partial charge >= 0.3 is 6.09 Å². The lowest BCUT2D eigenvalue weighted by atomic mass is 9.80. The summed E-state index contributed by atoms with van der Waals surface area (Å²) in [5.41, 5.74) is 5.25. The van der Waals surface area contributed by atoms with Gasteiger partial charge in [0.15, 0.2) is 0 Å². The van der Waals surface area contributed by atoms with Crippen LogP contribution in [0.1, 0.15) is 46.5 Å². The van der Waals surface area contributed by atoms with Crippen LogP contribution in [0.25, 0.3) is 0 Å². The number of rotatable bonds is 2. The molecule has 1 amide bonds. The minimum Gasteiger partial charge on any atom is -0.442 e. The third-order valence-corrected chi connectivity index (χ3v) is 3.04. The Morgan fingerprint density at radius 2 is 2.06 bits per heavy atom. The average Bonchev–Trinajstić information content (AvgIpc) is 2.24. The Morgan fingerprint density at radius 1 is 1.41 bits per heavy atom. The van der Waals surface area contributed by atoms with Gasteiger partial charge in [-0.15, -0.1) is 0 Å². The molecular weight excluding hydrogens is 216 g/mol. The highest BCUT2D eigenvalue weighted by Gasteiger charge is 2.23. The summed E-state index contributed by atoms with van der Waals surface area (Å²) < 4.78 is 5.13. The third-order valence-electron chi connectivity index (χ3n) is 3.04. The summed E-state index contributed by atoms with van der Waals surface area (Å²) in [4.78, 5) is 15.3. The van der Waals surface area contributed by atoms with E-state index in [2.05, 4.69) is 4.99 Å². The minimum atomic E-state index is -0.501. The van der Waals surface area contributed by atoms with Gasteiger partial charge in [0, 0.05) is 6.21 Å². The predicted molar refractivity (Wildman–Crippen MR) is 69.2 cm³/mol. The monoisotopic (exact) mass is 240 g/mol. The fourth-order valence-electron chi connectivity index (χ4n) is 2.17. The van der Waals surface area contributed by atoms with Crippen molar-refractivity contribution in [2.24, 2.45) is 22.6 Å². The second kappa shape index (κ2) is 6.15. The number of ether oxygens (including phenoxy) is 1. The Hall–Kier alpha value is -0.900. The first kappa shape index (κ1) is 14.2. The van der Waals surface area contributed by atoms with E-state index in [9.17, 15) is 4.79 Å². The molecule has 0 aromatic heterocycles. The molecule has 0 aromatic rings. The van der Waals surface area contributed by atoms with Crippen molar-refractivity contribution in [3.8, 4) is 0 Å². The topological polar surface area (TPSA) is 64.7 Å². The molecule has 1 aliphatic carbocycles. The molecule has 0 spiro atoms. The second-order valence-corrected chi connectivity index (χ2v) is 5.70. The molecule has 1 saturated carbocycles. The van der Waals surface area contributed by atoms with Gasteiger partial charge < -0.3 is 10.5 Å². The highest BCUT2D eigenvalue weighted by molar-refractivity contribution is 5.80. The van der Waals surface area contributed by atoms with Crippen molar-refractivity contribution in [1.82, 2.24) is 0 Å². The molecule has 2 N–H and O–H groups in total. The van der Waals surface area contributed by atoms with E-state index < -0.39 is 11.7 Å². The zero-order valence-electron chi connectivity index (χ0n) is 11.1. The largest absolute Gasteiger partial charge is 0.442 e. The number of hydrogen-bond donors (Lipinski definition) is 1. The number of aliphatic imine (C=N–C) groups is 1. The van der Waals surface area contributed by atoms with Crippen LogP contribution >= 0.6 is 0 Å². The Labute approximate surface area is 104 Å². The van der Waals surface area contributed by atoms with Crippen LogP contribution in [0, 0.1) is 11.8 Å². The van der Waals surface area contributed by atoms with E-state index in [1.165, 1.54) is 12.8 Å². The van der Waals surface area contributed by atoms with E-state index in [0.29, 0.717) is 18.4 Å². The van der Waals surface area contributed by atoms with Crippen molar-refractivity contribution in [3.05, 3.63) is 0 Å². The van der Waals surface area contributed by atoms with Crippen LogP contribution < -0.4 is 5.73 Å². The summed E-state index contributed by atoms with van der Waals surface area (Å²) in [5, 5.41) is 0. The summed E-state index contributed by atoms with van der Waals surface area (Å²) >= 11 is 0. The Bertz CT molecular complexity index is 282. The molecule has 4 heteroatoms. The van der Waals surface area contributed by atoms with Crippen LogP contribution in [0.4, 0.5) is 4.79 Å². The van der Waals surface area contributed by atoms with Crippen LogP contribution in [0.15, 0.2) is 4.99 Å². The lowest BCUT2D eigenvalue weighted by molar-refractivity contribution is 0.0604. The van der Waals surface area contributed by atoms with Gasteiger partial charge in [0.1, 0.15) is 5.60 Å². The highest BCUT2D eigenvalue weighted by atomic mass is 16.6. The van der Waals surface area contributed by atoms with E-state index in [0.717, 1.165) is 12.8 Å². The minimum absolute atomic E-state index is 0.335. The van der Waals surface area contributed by atoms with Crippen LogP contribution in [0.5, 0.6) is 0 Å². The average molecular weight is 240 g/mol. The molecule has 4 nitrogen and oxygen atoms in total. The lowest BCUT2D eigenvalue weighted by Gasteiger charge is -2.27. The number of carbonyl (C=O) groups excluding carboxylic acids is 1. The molecule has 98 valence electrons. The van der Waals surface area contributed by atoms with Gasteiger partial charge in [-0.2, -0.15) is 4.99 Å². The van der Waals surface area contributed by atoms with Crippen molar-refractivity contribution in [3.63, 3.8) is 0 Å². The van der Waals surface area contributed by atoms with Crippen molar-refractivity contribution in [1.29, 1.82) is 0 Å². The van der Waals surface area contributed by atoms with E-state index in [4.69, 9.17) is 10.5 Å². The van der Waals surface area contributed by atoms with Gasteiger partial charge in [-0.1, -0.05) is 12.8 Å². The molecule has 1 rings (SSSR count). The number of nitrogens with zero attached hydrogens (tertiary/aromatic N) is 1. The number of carbonyl (C=O) groups is 1. The first-order valence-corrected chi connectivity index (χ1v) is 6.39. The maximum atomic E-state index is 11.4. The quantitative estimate of drug-likeness (QED) is 0.755. The van der Waals surface area contributed by atoms with Gasteiger partial charge in [-0.25, -0.2) is 4.79 Å². The number of nitrogens with two attached hydrogens (primary N) is 1. The number of hydrogen-bond acceptors (Lipinski definition) is 3. The van der Waals surface area contributed by atoms with Crippen LogP contribution in [-0.2, 0) is 4.74 Å². The zero-order valence-corrected chi connectivity index (χ0v) is 11.1. The lowest BCUT2D eigenvalue weighted by Crippen LogP contribution is -2.28. The molecular formula is C13H24N2O2. The van der Waals surface area contributed by atoms with E-state index in [-0.39, 0.29) is 0 Å². The van der Waals surface area contributed by atoms with Gasteiger partial charge in [0.2, 0.25) is 0 Å². The molecule has 2 atom stereocenters. The van der Waals surface area contributed by atoms with Gasteiger partial charge in [0.05, 0.1) is 0 Å². The molecule has 0 saturated heterocycles. The highest BCUT2D eigenvalue weighted by Crippen LogP contribution is 2.27. The van der Waals surface area contributed by atoms with E-state index in [1.807, 2.05) is 20.8 Å². The molecule has 0 radical (unpaired) electrons. The zero-order chi connectivity index (χ0) is 12.9. The van der Waals surface area contributed by atoms with Crippen molar-refractivity contribution in [2.75, 3.05) is 6.54 Å². The Balaban J connectivity index is 2.48. The van der Waals surface area contributed by atoms with Crippen molar-refractivity contribution < 1.29 is 9.53 Å². The van der Waals surface area contributed by atoms with Crippen LogP contribution in [-0.4, -0.2) is 24.5 Å². The molecule has 1 fully saturated rings. The van der Waals surface area contributed by atoms with E-state index >= 15 is 0 Å². The molecule has 1 aliphatic rings. The summed E-state index contributed by atoms with van der Waals surface area (Å²) in [6.45, 7) is 6.18. The fraction of sp³-hybridized carbons (Fsp3) is 0.846. The molecule has 2 unspecified atom stereocenters. The van der Waals surface area contributed by atoms with Crippen molar-refractivity contribution >= 4 is 12.3 Å². The maximum Gasteiger partial charge on any atom is 0.433 e. The normalized spacial score (nSPS) is 26.1. The maximum absolute atomic E-state index is 11.4. The summed E-state index contributed by atoms with van der Waals surface area (Å²) in [7, 11) is 0. The van der Waals surface area contributed by atoms with Crippen LogP contribution in [0.3, 0.4) is 0 Å². The molecule has 17 heavy (non-hydrogen) atoms. The summed E-state index contributed by atoms with van der Waals surface area (Å²) in [5.74, 6) is 0.802. The SMILES string of the molecule is CC(C)(C)OC(=O)/N=C/C1CCCCC1CN. The van der Waals surface area contributed by atoms with Gasteiger partial charge in [0.25, 0.3) is 0 Å². The molecule has 0 aliphatic heterocycles. The Morgan fingerprint density at radius 3 is 2.65 bits per heavy atom. The molecule has 0 aromatic carbocycles. The Kier molecular flexibility index (Phi) is 5.12. The fourth-order valence-corrected chi connectivity index (χ4v) is 2.17. The summed E-state index contributed by atoms with van der Waals surface area (Å²) in [6, 6.07) is 0. The summed E-state index contributed by atoms with van der Waals surface area (Å²) in [6.07, 6.45) is 5.89. The molecule has 0 bridgehead atoms. The molecule has 0 heterocycles. The van der Waals surface area contributed by atoms with Gasteiger partial charge in [-0.3, -0.25) is 0 Å². The van der Waals surface area contributed by atoms with Crippen molar-refractivity contribution in [2.45, 2.75) is 52.1 Å². The second-order valence-electron chi connectivity index (χ2n) is 5.70. The first-order chi connectivity index (χ1) is 7.92. The van der Waals surface area contributed by atoms with Crippen LogP contribution in [0.2, 0.25) is 0 Å². The standard InChI is InChI=1S/C13H24N2O2/c1-13(2,3)17-12(16)15-9-11-7-5-4-6-10(11)8-14/h9-11H,4-8,14H2,1-3H3/b15-9+. The predicted octanol–water partition coefficient (Wildman–Crippen LogP) is 2.76. The number of amides is 1. The first-order valence-electron chi connectivity index (χ1n) is 6.39. The third kappa shape index (κ3) is 5.31. The van der Waals surface area contributed by atoms with Gasteiger partial charge in [-0.05, 0) is 52.0 Å². The van der Waals surface area contributed by atoms with E-state index in [1.54, 1.807) is 6.21 Å².